The lowest BCUT2D eigenvalue weighted by Crippen LogP contribution is -2.00. The monoisotopic (exact) mass is 251 g/mol. The van der Waals surface area contributed by atoms with Crippen LogP contribution in [0.2, 0.25) is 10.0 Å². The molecule has 0 amide bonds. The minimum atomic E-state index is 0.539. The minimum absolute atomic E-state index is 0.539. The summed E-state index contributed by atoms with van der Waals surface area (Å²) in [4.78, 5) is 0. The van der Waals surface area contributed by atoms with Gasteiger partial charge in [-0.05, 0) is 17.7 Å². The van der Waals surface area contributed by atoms with Gasteiger partial charge in [0.05, 0.1) is 29.4 Å². The zero-order chi connectivity index (χ0) is 11.5. The van der Waals surface area contributed by atoms with E-state index in [-0.39, 0.29) is 0 Å². The van der Waals surface area contributed by atoms with E-state index in [1.54, 1.807) is 29.2 Å². The lowest BCUT2D eigenvalue weighted by Gasteiger charge is -2.04. The molecule has 80 valence electrons. The molecule has 0 aliphatic heterocycles. The highest BCUT2D eigenvalue weighted by Gasteiger charge is 2.03. The van der Waals surface area contributed by atoms with Gasteiger partial charge in [-0.1, -0.05) is 29.3 Å². The molecule has 2 rings (SSSR count). The fraction of sp³-hybridized carbons (Fsp3) is 0.0909. The standard InChI is InChI=1S/C11H7Cl2N3/c12-10-5-15-16(7-10)6-9-2-1-8(4-14)3-11(9)13/h1-3,5,7H,6H2. The second kappa shape index (κ2) is 4.56. The predicted octanol–water partition coefficient (Wildman–Crippen LogP) is 3.11. The lowest BCUT2D eigenvalue weighted by atomic mass is 10.1. The maximum absolute atomic E-state index is 8.70. The molecule has 0 aliphatic carbocycles. The summed E-state index contributed by atoms with van der Waals surface area (Å²) in [6.07, 6.45) is 3.29. The van der Waals surface area contributed by atoms with E-state index < -0.39 is 0 Å². The van der Waals surface area contributed by atoms with E-state index in [9.17, 15) is 0 Å². The Morgan fingerprint density at radius 3 is 2.75 bits per heavy atom. The number of hydrogen-bond donors (Lipinski definition) is 0. The average molecular weight is 252 g/mol. The second-order valence-electron chi connectivity index (χ2n) is 3.27. The van der Waals surface area contributed by atoms with Gasteiger partial charge >= 0.3 is 0 Å². The molecule has 5 heteroatoms. The fourth-order valence-electron chi connectivity index (χ4n) is 1.34. The maximum atomic E-state index is 8.70. The van der Waals surface area contributed by atoms with Crippen molar-refractivity contribution in [1.29, 1.82) is 5.26 Å². The molecule has 0 saturated carbocycles. The van der Waals surface area contributed by atoms with Crippen LogP contribution in [0.1, 0.15) is 11.1 Å². The first-order valence-corrected chi connectivity index (χ1v) is 5.31. The Bertz CT molecular complexity index is 555. The van der Waals surface area contributed by atoms with E-state index in [0.717, 1.165) is 5.56 Å². The molecule has 0 N–H and O–H groups in total. The molecule has 1 aromatic heterocycles. The van der Waals surface area contributed by atoms with Gasteiger partial charge in [0.25, 0.3) is 0 Å². The molecule has 0 fully saturated rings. The van der Waals surface area contributed by atoms with Crippen LogP contribution in [-0.2, 0) is 6.54 Å². The molecule has 1 heterocycles. The predicted molar refractivity (Wildman–Crippen MR) is 62.5 cm³/mol. The van der Waals surface area contributed by atoms with Gasteiger partial charge in [0.2, 0.25) is 0 Å². The summed E-state index contributed by atoms with van der Waals surface area (Å²) in [5, 5.41) is 13.9. The summed E-state index contributed by atoms with van der Waals surface area (Å²) >= 11 is 11.8. The molecule has 0 aliphatic rings. The number of hydrogen-bond acceptors (Lipinski definition) is 2. The molecule has 0 spiro atoms. The zero-order valence-corrected chi connectivity index (χ0v) is 9.70. The molecule has 0 saturated heterocycles. The van der Waals surface area contributed by atoms with E-state index in [2.05, 4.69) is 5.10 Å². The van der Waals surface area contributed by atoms with Crippen molar-refractivity contribution in [3.05, 3.63) is 51.8 Å². The maximum Gasteiger partial charge on any atom is 0.0992 e. The fourth-order valence-corrected chi connectivity index (χ4v) is 1.74. The van der Waals surface area contributed by atoms with E-state index in [1.165, 1.54) is 0 Å². The van der Waals surface area contributed by atoms with E-state index in [4.69, 9.17) is 28.5 Å². The van der Waals surface area contributed by atoms with Crippen molar-refractivity contribution in [3.63, 3.8) is 0 Å². The second-order valence-corrected chi connectivity index (χ2v) is 4.12. The Morgan fingerprint density at radius 2 is 2.19 bits per heavy atom. The number of benzene rings is 1. The van der Waals surface area contributed by atoms with E-state index in [1.807, 2.05) is 12.1 Å². The highest BCUT2D eigenvalue weighted by atomic mass is 35.5. The Labute approximate surface area is 103 Å². The third kappa shape index (κ3) is 2.35. The summed E-state index contributed by atoms with van der Waals surface area (Å²) in [7, 11) is 0. The molecular formula is C11H7Cl2N3. The van der Waals surface area contributed by atoms with Gasteiger partial charge in [0, 0.05) is 11.2 Å². The van der Waals surface area contributed by atoms with Crippen molar-refractivity contribution in [2.45, 2.75) is 6.54 Å². The largest absolute Gasteiger partial charge is 0.267 e. The highest BCUT2D eigenvalue weighted by molar-refractivity contribution is 6.31. The minimum Gasteiger partial charge on any atom is -0.267 e. The topological polar surface area (TPSA) is 41.6 Å². The summed E-state index contributed by atoms with van der Waals surface area (Å²) in [6, 6.07) is 7.22. The van der Waals surface area contributed by atoms with Crippen LogP contribution < -0.4 is 0 Å². The van der Waals surface area contributed by atoms with E-state index in [0.29, 0.717) is 22.2 Å². The lowest BCUT2D eigenvalue weighted by molar-refractivity contribution is 0.687. The molecule has 16 heavy (non-hydrogen) atoms. The van der Waals surface area contributed by atoms with Crippen molar-refractivity contribution in [1.82, 2.24) is 9.78 Å². The third-order valence-corrected chi connectivity index (χ3v) is 2.66. The Hall–Kier alpha value is -1.50. The zero-order valence-electron chi connectivity index (χ0n) is 8.19. The van der Waals surface area contributed by atoms with Crippen LogP contribution >= 0.6 is 23.2 Å². The van der Waals surface area contributed by atoms with Gasteiger partial charge < -0.3 is 0 Å². The number of rotatable bonds is 2. The van der Waals surface area contributed by atoms with Crippen LogP contribution in [0.15, 0.2) is 30.6 Å². The number of halogens is 2. The van der Waals surface area contributed by atoms with Crippen LogP contribution in [0.25, 0.3) is 0 Å². The smallest absolute Gasteiger partial charge is 0.0992 e. The van der Waals surface area contributed by atoms with Crippen LogP contribution in [0.4, 0.5) is 0 Å². The van der Waals surface area contributed by atoms with Crippen LogP contribution in [0, 0.1) is 11.3 Å². The van der Waals surface area contributed by atoms with Gasteiger partial charge in [0.1, 0.15) is 0 Å². The summed E-state index contributed by atoms with van der Waals surface area (Å²) in [5.41, 5.74) is 1.45. The third-order valence-electron chi connectivity index (χ3n) is 2.12. The quantitative estimate of drug-likeness (QED) is 0.823. The molecular weight excluding hydrogens is 245 g/mol. The van der Waals surface area contributed by atoms with Crippen LogP contribution in [-0.4, -0.2) is 9.78 Å². The van der Waals surface area contributed by atoms with Crippen molar-refractivity contribution in [3.8, 4) is 6.07 Å². The molecule has 3 nitrogen and oxygen atoms in total. The Morgan fingerprint density at radius 1 is 1.38 bits per heavy atom. The Kier molecular flexibility index (Phi) is 3.14. The first-order chi connectivity index (χ1) is 7.69. The first-order valence-electron chi connectivity index (χ1n) is 4.55. The van der Waals surface area contributed by atoms with Gasteiger partial charge in [0.15, 0.2) is 0 Å². The van der Waals surface area contributed by atoms with Gasteiger partial charge in [-0.3, -0.25) is 4.68 Å². The van der Waals surface area contributed by atoms with E-state index >= 15 is 0 Å². The Balaban J connectivity index is 2.26. The highest BCUT2D eigenvalue weighted by Crippen LogP contribution is 2.19. The molecule has 0 bridgehead atoms. The molecule has 0 atom stereocenters. The van der Waals surface area contributed by atoms with Crippen molar-refractivity contribution < 1.29 is 0 Å². The molecule has 0 radical (unpaired) electrons. The normalized spacial score (nSPS) is 10.1. The van der Waals surface area contributed by atoms with Crippen LogP contribution in [0.5, 0.6) is 0 Å². The first kappa shape index (κ1) is 11.0. The van der Waals surface area contributed by atoms with Gasteiger partial charge in [-0.15, -0.1) is 0 Å². The van der Waals surface area contributed by atoms with Crippen LogP contribution in [0.3, 0.4) is 0 Å². The summed E-state index contributed by atoms with van der Waals surface area (Å²) in [6.45, 7) is 0.539. The molecule has 0 unspecified atom stereocenters. The number of nitrogens with zero attached hydrogens (tertiary/aromatic N) is 3. The SMILES string of the molecule is N#Cc1ccc(Cn2cc(Cl)cn2)c(Cl)c1. The van der Waals surface area contributed by atoms with Crippen molar-refractivity contribution in [2.75, 3.05) is 0 Å². The summed E-state index contributed by atoms with van der Waals surface area (Å²) < 4.78 is 1.69. The number of nitriles is 1. The molecule has 2 aromatic rings. The van der Waals surface area contributed by atoms with Crippen molar-refractivity contribution in [2.24, 2.45) is 0 Å². The van der Waals surface area contributed by atoms with Gasteiger partial charge in [-0.2, -0.15) is 10.4 Å². The van der Waals surface area contributed by atoms with Gasteiger partial charge in [-0.25, -0.2) is 0 Å². The molecule has 1 aromatic carbocycles. The summed E-state index contributed by atoms with van der Waals surface area (Å²) in [5.74, 6) is 0. The average Bonchev–Trinajstić information content (AvgIpc) is 2.67. The van der Waals surface area contributed by atoms with Crippen molar-refractivity contribution >= 4 is 23.2 Å². The number of aromatic nitrogens is 2.